The molecule has 1 fully saturated rings. The van der Waals surface area contributed by atoms with Crippen LogP contribution in [0.25, 0.3) is 0 Å². The minimum atomic E-state index is -1.18. The lowest BCUT2D eigenvalue weighted by Crippen LogP contribution is -2.49. The third-order valence-electron chi connectivity index (χ3n) is 3.86. The molecule has 1 aromatic rings. The van der Waals surface area contributed by atoms with E-state index in [1.807, 2.05) is 13.0 Å². The summed E-state index contributed by atoms with van der Waals surface area (Å²) < 4.78 is 0. The maximum absolute atomic E-state index is 12.5. The monoisotopic (exact) mass is 275 g/mol. The lowest BCUT2D eigenvalue weighted by molar-refractivity contribution is -0.148. The summed E-state index contributed by atoms with van der Waals surface area (Å²) in [6, 6.07) is 8.50. The maximum atomic E-state index is 12.5. The first-order valence-corrected chi connectivity index (χ1v) is 7.21. The van der Waals surface area contributed by atoms with E-state index in [1.165, 1.54) is 0 Å². The summed E-state index contributed by atoms with van der Waals surface area (Å²) in [7, 11) is 0. The first-order chi connectivity index (χ1) is 9.65. The van der Waals surface area contributed by atoms with Crippen molar-refractivity contribution < 1.29 is 14.7 Å². The summed E-state index contributed by atoms with van der Waals surface area (Å²) in [5, 5.41) is 10.2. The van der Waals surface area contributed by atoms with E-state index in [0.29, 0.717) is 24.9 Å². The van der Waals surface area contributed by atoms with Crippen LogP contribution in [0.5, 0.6) is 0 Å². The molecule has 2 atom stereocenters. The molecule has 108 valence electrons. The Morgan fingerprint density at radius 1 is 1.30 bits per heavy atom. The van der Waals surface area contributed by atoms with Gasteiger partial charge in [0.1, 0.15) is 0 Å². The fourth-order valence-electron chi connectivity index (χ4n) is 2.70. The van der Waals surface area contributed by atoms with Crippen LogP contribution in [-0.4, -0.2) is 34.3 Å². The zero-order valence-electron chi connectivity index (χ0n) is 11.8. The van der Waals surface area contributed by atoms with Gasteiger partial charge < -0.3 is 10.0 Å². The van der Waals surface area contributed by atoms with Crippen LogP contribution < -0.4 is 0 Å². The van der Waals surface area contributed by atoms with Crippen molar-refractivity contribution in [2.75, 3.05) is 6.54 Å². The van der Waals surface area contributed by atoms with Crippen molar-refractivity contribution in [3.05, 3.63) is 35.9 Å². The third kappa shape index (κ3) is 3.07. The van der Waals surface area contributed by atoms with Gasteiger partial charge in [-0.3, -0.25) is 9.59 Å². The number of hydrogen-bond acceptors (Lipinski definition) is 3. The predicted molar refractivity (Wildman–Crippen MR) is 76.1 cm³/mol. The molecule has 1 heterocycles. The Morgan fingerprint density at radius 2 is 2.00 bits per heavy atom. The predicted octanol–water partition coefficient (Wildman–Crippen LogP) is 2.08. The van der Waals surface area contributed by atoms with Gasteiger partial charge in [0.05, 0.1) is 6.04 Å². The molecule has 0 aliphatic carbocycles. The lowest BCUT2D eigenvalue weighted by atomic mass is 9.95. The number of rotatable bonds is 4. The van der Waals surface area contributed by atoms with E-state index >= 15 is 0 Å². The molecule has 1 aliphatic rings. The van der Waals surface area contributed by atoms with Crippen molar-refractivity contribution in [2.24, 2.45) is 0 Å². The molecule has 0 saturated carbocycles. The molecular weight excluding hydrogens is 254 g/mol. The van der Waals surface area contributed by atoms with Crippen molar-refractivity contribution in [3.63, 3.8) is 0 Å². The minimum Gasteiger partial charge on any atom is -0.378 e. The van der Waals surface area contributed by atoms with Crippen molar-refractivity contribution in [3.8, 4) is 0 Å². The normalized spacial score (nSPS) is 20.5. The molecular formula is C16H21NO3. The minimum absolute atomic E-state index is 0.0818. The van der Waals surface area contributed by atoms with Crippen LogP contribution in [-0.2, 0) is 9.59 Å². The quantitative estimate of drug-likeness (QED) is 0.915. The van der Waals surface area contributed by atoms with E-state index < -0.39 is 6.10 Å². The molecule has 0 radical (unpaired) electrons. The number of nitrogens with zero attached hydrogens (tertiary/aromatic N) is 1. The summed E-state index contributed by atoms with van der Waals surface area (Å²) in [4.78, 5) is 26.0. The molecule has 4 heteroatoms. The zero-order chi connectivity index (χ0) is 14.5. The van der Waals surface area contributed by atoms with Gasteiger partial charge in [-0.2, -0.15) is 0 Å². The highest BCUT2D eigenvalue weighted by atomic mass is 16.3. The Hall–Kier alpha value is -1.68. The van der Waals surface area contributed by atoms with Gasteiger partial charge in [-0.05, 0) is 24.8 Å². The van der Waals surface area contributed by atoms with Crippen molar-refractivity contribution in [2.45, 2.75) is 44.8 Å². The highest BCUT2D eigenvalue weighted by Gasteiger charge is 2.34. The number of benzene rings is 1. The van der Waals surface area contributed by atoms with E-state index in [4.69, 9.17) is 0 Å². The van der Waals surface area contributed by atoms with Gasteiger partial charge in [-0.1, -0.05) is 37.3 Å². The Balaban J connectivity index is 2.15. The lowest BCUT2D eigenvalue weighted by Gasteiger charge is -2.36. The molecule has 4 nitrogen and oxygen atoms in total. The number of hydrogen-bond donors (Lipinski definition) is 1. The molecule has 1 unspecified atom stereocenters. The number of Topliss-reactive ketones (excluding diaryl/α,β-unsaturated/α-hetero) is 1. The maximum Gasteiger partial charge on any atom is 0.256 e. The highest BCUT2D eigenvalue weighted by molar-refractivity contribution is 5.91. The third-order valence-corrected chi connectivity index (χ3v) is 3.86. The number of carbonyl (C=O) groups excluding carboxylic acids is 2. The summed E-state index contributed by atoms with van der Waals surface area (Å²) in [6.45, 7) is 2.37. The second-order valence-corrected chi connectivity index (χ2v) is 5.18. The van der Waals surface area contributed by atoms with Crippen LogP contribution in [0.2, 0.25) is 0 Å². The molecule has 1 N–H and O–H groups in total. The fourth-order valence-corrected chi connectivity index (χ4v) is 2.70. The first kappa shape index (κ1) is 14.7. The van der Waals surface area contributed by atoms with E-state index in [2.05, 4.69) is 0 Å². The van der Waals surface area contributed by atoms with Crippen LogP contribution >= 0.6 is 0 Å². The average Bonchev–Trinajstić information content (AvgIpc) is 2.53. The van der Waals surface area contributed by atoms with Gasteiger partial charge in [-0.15, -0.1) is 0 Å². The molecule has 0 aromatic heterocycles. The Kier molecular flexibility index (Phi) is 4.90. The summed E-state index contributed by atoms with van der Waals surface area (Å²) in [6.07, 6.45) is 1.81. The van der Waals surface area contributed by atoms with Crippen molar-refractivity contribution in [1.82, 2.24) is 4.90 Å². The number of aliphatic hydroxyl groups excluding tert-OH is 1. The van der Waals surface area contributed by atoms with Gasteiger partial charge in [0.25, 0.3) is 5.91 Å². The molecule has 20 heavy (non-hydrogen) atoms. The summed E-state index contributed by atoms with van der Waals surface area (Å²) in [5.74, 6) is -0.277. The fraction of sp³-hybridized carbons (Fsp3) is 0.500. The topological polar surface area (TPSA) is 57.6 Å². The first-order valence-electron chi connectivity index (χ1n) is 7.21. The summed E-state index contributed by atoms with van der Waals surface area (Å²) in [5.41, 5.74) is 0.575. The van der Waals surface area contributed by atoms with Gasteiger partial charge in [0.15, 0.2) is 11.9 Å². The molecule has 2 rings (SSSR count). The highest BCUT2D eigenvalue weighted by Crippen LogP contribution is 2.24. The number of ketones is 1. The van der Waals surface area contributed by atoms with Crippen LogP contribution in [0, 0.1) is 0 Å². The number of carbonyl (C=O) groups is 2. The smallest absolute Gasteiger partial charge is 0.256 e. The molecule has 0 bridgehead atoms. The number of likely N-dealkylation sites (tertiary alicyclic amines) is 1. The number of piperidine rings is 1. The van der Waals surface area contributed by atoms with E-state index in [1.54, 1.807) is 29.2 Å². The summed E-state index contributed by atoms with van der Waals surface area (Å²) >= 11 is 0. The van der Waals surface area contributed by atoms with Crippen molar-refractivity contribution in [1.29, 1.82) is 0 Å². The van der Waals surface area contributed by atoms with Crippen LogP contribution in [0.1, 0.15) is 44.3 Å². The van der Waals surface area contributed by atoms with Crippen LogP contribution in [0.15, 0.2) is 30.3 Å². The van der Waals surface area contributed by atoms with Crippen molar-refractivity contribution >= 4 is 11.7 Å². The van der Waals surface area contributed by atoms with Gasteiger partial charge in [0, 0.05) is 13.0 Å². The largest absolute Gasteiger partial charge is 0.378 e. The van der Waals surface area contributed by atoms with Gasteiger partial charge >= 0.3 is 0 Å². The standard InChI is InChI=1S/C16H21NO3/c1-2-14(18)13-10-6-7-11-17(13)16(20)15(19)12-8-4-3-5-9-12/h3-5,8-9,13,15,19H,2,6-7,10-11H2,1H3/t13?,15-/m1/s1. The SMILES string of the molecule is CCC(=O)C1CCCCN1C(=O)[C@H](O)c1ccccc1. The van der Waals surface area contributed by atoms with E-state index in [9.17, 15) is 14.7 Å². The Bertz CT molecular complexity index is 472. The van der Waals surface area contributed by atoms with E-state index in [0.717, 1.165) is 12.8 Å². The van der Waals surface area contributed by atoms with Crippen LogP contribution in [0.3, 0.4) is 0 Å². The Morgan fingerprint density at radius 3 is 2.65 bits per heavy atom. The number of amides is 1. The zero-order valence-corrected chi connectivity index (χ0v) is 11.8. The van der Waals surface area contributed by atoms with Crippen LogP contribution in [0.4, 0.5) is 0 Å². The number of aliphatic hydroxyl groups is 1. The molecule has 1 saturated heterocycles. The Labute approximate surface area is 119 Å². The van der Waals surface area contributed by atoms with Gasteiger partial charge in [-0.25, -0.2) is 0 Å². The molecule has 0 spiro atoms. The average molecular weight is 275 g/mol. The molecule has 1 aliphatic heterocycles. The molecule has 1 aromatic carbocycles. The second-order valence-electron chi connectivity index (χ2n) is 5.18. The second kappa shape index (κ2) is 6.66. The van der Waals surface area contributed by atoms with E-state index in [-0.39, 0.29) is 17.7 Å². The van der Waals surface area contributed by atoms with Gasteiger partial charge in [0.2, 0.25) is 0 Å². The molecule has 1 amide bonds.